The van der Waals surface area contributed by atoms with Crippen LogP contribution in [-0.4, -0.2) is 74.8 Å². The molecule has 0 aromatic heterocycles. The van der Waals surface area contributed by atoms with Gasteiger partial charge in [0.1, 0.15) is 12.2 Å². The highest BCUT2D eigenvalue weighted by atomic mass is 16.6. The highest BCUT2D eigenvalue weighted by Crippen LogP contribution is 2.42. The van der Waals surface area contributed by atoms with Crippen molar-refractivity contribution in [2.45, 2.75) is 160 Å². The zero-order valence-electron chi connectivity index (χ0n) is 27.3. The number of aliphatic hydroxyl groups is 1. The summed E-state index contributed by atoms with van der Waals surface area (Å²) in [4.78, 5) is 0. The Balaban J connectivity index is 0.890. The summed E-state index contributed by atoms with van der Waals surface area (Å²) < 4.78 is 29.6. The van der Waals surface area contributed by atoms with E-state index in [1.807, 2.05) is 0 Å². The first-order valence-corrected chi connectivity index (χ1v) is 18.2. The smallest absolute Gasteiger partial charge is 0.104 e. The fraction of sp³-hybridized carbons (Fsp3) is 1.00. The molecule has 0 spiro atoms. The van der Waals surface area contributed by atoms with Crippen LogP contribution in [0.4, 0.5) is 0 Å². The van der Waals surface area contributed by atoms with Crippen LogP contribution in [0.5, 0.6) is 0 Å². The van der Waals surface area contributed by atoms with E-state index >= 15 is 0 Å². The van der Waals surface area contributed by atoms with Crippen molar-refractivity contribution < 1.29 is 28.8 Å². The van der Waals surface area contributed by atoms with E-state index in [1.54, 1.807) is 0 Å². The van der Waals surface area contributed by atoms with E-state index in [9.17, 15) is 5.11 Å². The normalized spacial score (nSPS) is 39.9. The molecular weight excluding hydrogens is 528 g/mol. The first-order valence-electron chi connectivity index (χ1n) is 18.2. The molecule has 4 unspecified atom stereocenters. The second-order valence-corrected chi connectivity index (χ2v) is 14.9. The van der Waals surface area contributed by atoms with Crippen molar-refractivity contribution in [2.75, 3.05) is 33.0 Å². The molecule has 5 aliphatic rings. The van der Waals surface area contributed by atoms with E-state index in [-0.39, 0.29) is 0 Å². The SMILES string of the molecule is CCOC1CCC(C(C)C2CCC(OCC(O)COC3CCC(C(C)C4CCC(OCC5CO5)CC4)CC3)CC2)CC1. The number of hydrogen-bond acceptors (Lipinski definition) is 6. The van der Waals surface area contributed by atoms with Gasteiger partial charge in [0, 0.05) is 6.61 Å². The molecule has 244 valence electrons. The van der Waals surface area contributed by atoms with Crippen molar-refractivity contribution in [3.63, 3.8) is 0 Å². The second kappa shape index (κ2) is 16.9. The first-order chi connectivity index (χ1) is 20.5. The third-order valence-corrected chi connectivity index (χ3v) is 12.2. The van der Waals surface area contributed by atoms with E-state index in [0.717, 1.165) is 81.0 Å². The van der Waals surface area contributed by atoms with Crippen LogP contribution in [0.15, 0.2) is 0 Å². The van der Waals surface area contributed by atoms with Crippen LogP contribution in [-0.2, 0) is 23.7 Å². The topological polar surface area (TPSA) is 69.7 Å². The summed E-state index contributed by atoms with van der Waals surface area (Å²) in [5, 5.41) is 10.6. The van der Waals surface area contributed by atoms with Crippen molar-refractivity contribution in [1.29, 1.82) is 0 Å². The highest BCUT2D eigenvalue weighted by Gasteiger charge is 2.35. The van der Waals surface area contributed by atoms with Gasteiger partial charge in [0.2, 0.25) is 0 Å². The fourth-order valence-electron chi connectivity index (χ4n) is 9.08. The molecule has 0 aromatic rings. The van der Waals surface area contributed by atoms with Crippen LogP contribution in [0.2, 0.25) is 0 Å². The highest BCUT2D eigenvalue weighted by molar-refractivity contribution is 4.85. The van der Waals surface area contributed by atoms with Crippen LogP contribution in [0.1, 0.15) is 124 Å². The van der Waals surface area contributed by atoms with Gasteiger partial charge in [0.15, 0.2) is 0 Å². The quantitative estimate of drug-likeness (QED) is 0.201. The van der Waals surface area contributed by atoms with E-state index in [2.05, 4.69) is 20.8 Å². The minimum Gasteiger partial charge on any atom is -0.388 e. The molecule has 0 amide bonds. The lowest BCUT2D eigenvalue weighted by molar-refractivity contribution is -0.0812. The third-order valence-electron chi connectivity index (χ3n) is 12.2. The molecule has 4 atom stereocenters. The van der Waals surface area contributed by atoms with Crippen LogP contribution in [0.3, 0.4) is 0 Å². The van der Waals surface area contributed by atoms with Gasteiger partial charge in [-0.1, -0.05) is 13.8 Å². The van der Waals surface area contributed by atoms with E-state index in [4.69, 9.17) is 23.7 Å². The molecule has 0 aromatic carbocycles. The lowest BCUT2D eigenvalue weighted by Gasteiger charge is -2.39. The van der Waals surface area contributed by atoms with Gasteiger partial charge >= 0.3 is 0 Å². The number of rotatable bonds is 15. The summed E-state index contributed by atoms with van der Waals surface area (Å²) >= 11 is 0. The molecule has 0 radical (unpaired) electrons. The van der Waals surface area contributed by atoms with Gasteiger partial charge in [-0.3, -0.25) is 0 Å². The second-order valence-electron chi connectivity index (χ2n) is 14.9. The molecular formula is C36H64O6. The fourth-order valence-corrected chi connectivity index (χ4v) is 9.08. The van der Waals surface area contributed by atoms with Crippen molar-refractivity contribution in [3.05, 3.63) is 0 Å². The maximum atomic E-state index is 10.6. The number of epoxide rings is 1. The molecule has 1 N–H and O–H groups in total. The first kappa shape index (κ1) is 33.1. The van der Waals surface area contributed by atoms with Gasteiger partial charge in [0.25, 0.3) is 0 Å². The zero-order chi connectivity index (χ0) is 29.3. The number of ether oxygens (including phenoxy) is 5. The molecule has 0 bridgehead atoms. The molecule has 5 fully saturated rings. The standard InChI is InChI=1S/C36H64O6/c1-4-38-32-13-5-27(6-14-32)25(2)28-7-15-33(16-8-28)39-21-31(37)22-40-34-17-9-29(10-18-34)26(3)30-11-19-35(20-12-30)41-23-36-24-42-36/h25-37H,4-24H2,1-3H3. The zero-order valence-corrected chi connectivity index (χ0v) is 27.3. The Morgan fingerprint density at radius 3 is 1.21 bits per heavy atom. The van der Waals surface area contributed by atoms with E-state index < -0.39 is 6.10 Å². The van der Waals surface area contributed by atoms with Crippen LogP contribution in [0, 0.1) is 35.5 Å². The van der Waals surface area contributed by atoms with Gasteiger partial charge < -0.3 is 28.8 Å². The summed E-state index contributed by atoms with van der Waals surface area (Å²) in [5.74, 6) is 4.99. The van der Waals surface area contributed by atoms with E-state index in [1.165, 1.54) is 77.0 Å². The Bertz CT molecular complexity index is 727. The summed E-state index contributed by atoms with van der Waals surface area (Å²) in [5.41, 5.74) is 0. The van der Waals surface area contributed by atoms with Crippen LogP contribution >= 0.6 is 0 Å². The van der Waals surface area contributed by atoms with Crippen molar-refractivity contribution in [3.8, 4) is 0 Å². The van der Waals surface area contributed by atoms with Gasteiger partial charge in [-0.15, -0.1) is 0 Å². The molecule has 4 saturated carbocycles. The summed E-state index contributed by atoms with van der Waals surface area (Å²) in [6.45, 7) is 10.5. The molecule has 4 aliphatic carbocycles. The number of aliphatic hydroxyl groups excluding tert-OH is 1. The predicted molar refractivity (Wildman–Crippen MR) is 167 cm³/mol. The maximum Gasteiger partial charge on any atom is 0.104 e. The Kier molecular flexibility index (Phi) is 13.3. The molecule has 1 aliphatic heterocycles. The van der Waals surface area contributed by atoms with Gasteiger partial charge in [-0.25, -0.2) is 0 Å². The molecule has 6 nitrogen and oxygen atoms in total. The van der Waals surface area contributed by atoms with Crippen molar-refractivity contribution in [1.82, 2.24) is 0 Å². The summed E-state index contributed by atoms with van der Waals surface area (Å²) in [7, 11) is 0. The molecule has 5 rings (SSSR count). The predicted octanol–water partition coefficient (Wildman–Crippen LogP) is 7.34. The van der Waals surface area contributed by atoms with Crippen molar-refractivity contribution >= 4 is 0 Å². The summed E-state index contributed by atoms with van der Waals surface area (Å²) in [6.07, 6.45) is 21.3. The lowest BCUT2D eigenvalue weighted by Crippen LogP contribution is -2.34. The largest absolute Gasteiger partial charge is 0.388 e. The van der Waals surface area contributed by atoms with Crippen LogP contribution < -0.4 is 0 Å². The monoisotopic (exact) mass is 592 g/mol. The Labute approximate surface area is 257 Å². The Morgan fingerprint density at radius 2 is 0.881 bits per heavy atom. The number of hydrogen-bond donors (Lipinski definition) is 1. The molecule has 42 heavy (non-hydrogen) atoms. The molecule has 6 heteroatoms. The van der Waals surface area contributed by atoms with Gasteiger partial charge in [-0.05, 0) is 145 Å². The maximum absolute atomic E-state index is 10.6. The Hall–Kier alpha value is -0.240. The Morgan fingerprint density at radius 1 is 0.548 bits per heavy atom. The van der Waals surface area contributed by atoms with E-state index in [0.29, 0.717) is 43.7 Å². The van der Waals surface area contributed by atoms with Gasteiger partial charge in [0.05, 0.1) is 50.8 Å². The van der Waals surface area contributed by atoms with Crippen molar-refractivity contribution in [2.24, 2.45) is 35.5 Å². The minimum absolute atomic E-state index is 0.303. The van der Waals surface area contributed by atoms with Gasteiger partial charge in [-0.2, -0.15) is 0 Å². The average molecular weight is 593 g/mol. The molecule has 1 saturated heterocycles. The molecule has 1 heterocycles. The minimum atomic E-state index is -0.511. The van der Waals surface area contributed by atoms with Crippen LogP contribution in [0.25, 0.3) is 0 Å². The average Bonchev–Trinajstić information content (AvgIpc) is 3.87. The lowest BCUT2D eigenvalue weighted by atomic mass is 9.70. The third kappa shape index (κ3) is 10.1. The summed E-state index contributed by atoms with van der Waals surface area (Å²) in [6, 6.07) is 0.